The summed E-state index contributed by atoms with van der Waals surface area (Å²) in [5.41, 5.74) is -0.133. The predicted molar refractivity (Wildman–Crippen MR) is 127 cm³/mol. The molecule has 2 aromatic rings. The number of anilines is 1. The van der Waals surface area contributed by atoms with E-state index in [0.717, 1.165) is 24.3 Å². The molecular weight excluding hydrogens is 544 g/mol. The molecule has 0 bridgehead atoms. The highest BCUT2D eigenvalue weighted by molar-refractivity contribution is 7.80. The van der Waals surface area contributed by atoms with E-state index >= 15 is 0 Å². The molecule has 1 amide bonds. The van der Waals surface area contributed by atoms with Gasteiger partial charge in [0.05, 0.1) is 12.2 Å². The number of hydrogen-bond acceptors (Lipinski definition) is 6. The van der Waals surface area contributed by atoms with Gasteiger partial charge >= 0.3 is 12.7 Å². The van der Waals surface area contributed by atoms with Crippen molar-refractivity contribution in [2.45, 2.75) is 44.1 Å². The summed E-state index contributed by atoms with van der Waals surface area (Å²) in [6.45, 7) is -0.573. The summed E-state index contributed by atoms with van der Waals surface area (Å²) in [7, 11) is 0. The summed E-state index contributed by atoms with van der Waals surface area (Å²) in [4.78, 5) is 12.3. The van der Waals surface area contributed by atoms with Crippen LogP contribution in [0.3, 0.4) is 0 Å². The standard InChI is InChI=1S/C23H23F6N3O5S/c24-22(25,26)36-17-3-1-2-13(11-17)31-21(38)32-14-4-5-15(10-14)35-16-6-7-19(37-23(27,28)29)18(12-16)20(34)30-8-9-33/h1-3,6-7,11-12,14-15,33H,4-5,8-10H2,(H,30,34)(H2,31,32,38). The molecule has 0 aliphatic heterocycles. The highest BCUT2D eigenvalue weighted by Crippen LogP contribution is 2.32. The van der Waals surface area contributed by atoms with Gasteiger partial charge in [-0.15, -0.1) is 26.3 Å². The maximum atomic E-state index is 12.7. The highest BCUT2D eigenvalue weighted by Gasteiger charge is 2.34. The first-order chi connectivity index (χ1) is 17.8. The van der Waals surface area contributed by atoms with Crippen molar-refractivity contribution in [3.63, 3.8) is 0 Å². The number of aliphatic hydroxyl groups is 1. The zero-order valence-electron chi connectivity index (χ0n) is 19.5. The minimum atomic E-state index is -5.02. The normalized spacial score (nSPS) is 17.4. The third kappa shape index (κ3) is 9.45. The van der Waals surface area contributed by atoms with E-state index in [4.69, 9.17) is 22.1 Å². The van der Waals surface area contributed by atoms with Crippen molar-refractivity contribution in [2.24, 2.45) is 0 Å². The van der Waals surface area contributed by atoms with Crippen molar-refractivity contribution < 1.29 is 50.5 Å². The average Bonchev–Trinajstić information content (AvgIpc) is 3.23. The van der Waals surface area contributed by atoms with Gasteiger partial charge in [0.25, 0.3) is 5.91 Å². The third-order valence-electron chi connectivity index (χ3n) is 5.17. The van der Waals surface area contributed by atoms with E-state index in [9.17, 15) is 31.1 Å². The number of rotatable bonds is 9. The number of benzene rings is 2. The number of hydrogen-bond donors (Lipinski definition) is 4. The lowest BCUT2D eigenvalue weighted by Gasteiger charge is -2.19. The van der Waals surface area contributed by atoms with Crippen LogP contribution in [0, 0.1) is 0 Å². The van der Waals surface area contributed by atoms with Gasteiger partial charge in [-0.3, -0.25) is 4.79 Å². The summed E-state index contributed by atoms with van der Waals surface area (Å²) in [6.07, 6.45) is -8.58. The van der Waals surface area contributed by atoms with Crippen LogP contribution < -0.4 is 30.2 Å². The van der Waals surface area contributed by atoms with Gasteiger partial charge in [0, 0.05) is 30.8 Å². The van der Waals surface area contributed by atoms with Crippen LogP contribution in [-0.4, -0.2) is 54.1 Å². The number of thiocarbonyl (C=S) groups is 1. The summed E-state index contributed by atoms with van der Waals surface area (Å²) in [6, 6.07) is 8.35. The Bertz CT molecular complexity index is 1130. The van der Waals surface area contributed by atoms with Crippen LogP contribution in [0.5, 0.6) is 17.2 Å². The van der Waals surface area contributed by atoms with Gasteiger partial charge in [0.2, 0.25) is 0 Å². The van der Waals surface area contributed by atoms with Crippen LogP contribution in [0.25, 0.3) is 0 Å². The zero-order chi connectivity index (χ0) is 27.9. The second kappa shape index (κ2) is 12.4. The van der Waals surface area contributed by atoms with Gasteiger partial charge in [0.15, 0.2) is 5.11 Å². The fraction of sp³-hybridized carbons (Fsp3) is 0.391. The molecule has 0 heterocycles. The fourth-order valence-electron chi connectivity index (χ4n) is 3.73. The number of nitrogens with one attached hydrogen (secondary N) is 3. The van der Waals surface area contributed by atoms with Crippen molar-refractivity contribution in [3.8, 4) is 17.2 Å². The van der Waals surface area contributed by atoms with Gasteiger partial charge in [-0.1, -0.05) is 6.07 Å². The molecule has 1 aliphatic rings. The van der Waals surface area contributed by atoms with E-state index in [1.807, 2.05) is 0 Å². The summed E-state index contributed by atoms with van der Waals surface area (Å²) < 4.78 is 89.1. The lowest BCUT2D eigenvalue weighted by Crippen LogP contribution is -2.36. The Morgan fingerprint density at radius 3 is 2.42 bits per heavy atom. The number of alkyl halides is 6. The van der Waals surface area contributed by atoms with Crippen molar-refractivity contribution in [1.29, 1.82) is 0 Å². The molecule has 1 aliphatic carbocycles. The van der Waals surface area contributed by atoms with E-state index in [1.54, 1.807) is 0 Å². The Labute approximate surface area is 218 Å². The molecule has 0 spiro atoms. The maximum Gasteiger partial charge on any atom is 0.573 e. The Balaban J connectivity index is 1.58. The molecule has 15 heteroatoms. The smallest absolute Gasteiger partial charge is 0.490 e. The molecule has 0 radical (unpaired) electrons. The minimum Gasteiger partial charge on any atom is -0.490 e. The summed E-state index contributed by atoms with van der Waals surface area (Å²) >= 11 is 5.24. The first-order valence-corrected chi connectivity index (χ1v) is 11.6. The molecule has 4 N–H and O–H groups in total. The second-order valence-electron chi connectivity index (χ2n) is 8.11. The number of amides is 1. The lowest BCUT2D eigenvalue weighted by atomic mass is 10.1. The van der Waals surface area contributed by atoms with Crippen LogP contribution in [0.2, 0.25) is 0 Å². The lowest BCUT2D eigenvalue weighted by molar-refractivity contribution is -0.275. The number of halogens is 6. The maximum absolute atomic E-state index is 12.7. The number of aliphatic hydroxyl groups excluding tert-OH is 1. The van der Waals surface area contributed by atoms with Crippen molar-refractivity contribution in [3.05, 3.63) is 48.0 Å². The minimum absolute atomic E-state index is 0.140. The molecule has 1 saturated carbocycles. The van der Waals surface area contributed by atoms with E-state index < -0.39 is 42.3 Å². The van der Waals surface area contributed by atoms with E-state index in [2.05, 4.69) is 25.4 Å². The number of carbonyl (C=O) groups is 1. The topological polar surface area (TPSA) is 101 Å². The van der Waals surface area contributed by atoms with Gasteiger partial charge in [-0.2, -0.15) is 0 Å². The monoisotopic (exact) mass is 567 g/mol. The molecule has 2 unspecified atom stereocenters. The van der Waals surface area contributed by atoms with Crippen LogP contribution in [0.4, 0.5) is 32.0 Å². The van der Waals surface area contributed by atoms with Crippen LogP contribution in [0.15, 0.2) is 42.5 Å². The van der Waals surface area contributed by atoms with Crippen LogP contribution in [-0.2, 0) is 0 Å². The van der Waals surface area contributed by atoms with Gasteiger partial charge in [-0.05, 0) is 55.4 Å². The van der Waals surface area contributed by atoms with Crippen molar-refractivity contribution >= 4 is 28.9 Å². The first-order valence-electron chi connectivity index (χ1n) is 11.2. The number of ether oxygens (including phenoxy) is 3. The Kier molecular flexibility index (Phi) is 9.49. The van der Waals surface area contributed by atoms with Gasteiger partial charge in [0.1, 0.15) is 23.4 Å². The summed E-state index contributed by atoms with van der Waals surface area (Å²) in [5.74, 6) is -1.86. The van der Waals surface area contributed by atoms with Crippen LogP contribution >= 0.6 is 12.2 Å². The SMILES string of the molecule is O=C(NCCO)c1cc(OC2CCC(NC(=S)Nc3cccc(OC(F)(F)F)c3)C2)ccc1OC(F)(F)F. The molecule has 38 heavy (non-hydrogen) atoms. The zero-order valence-corrected chi connectivity index (χ0v) is 20.3. The van der Waals surface area contributed by atoms with Gasteiger partial charge < -0.3 is 35.3 Å². The quantitative estimate of drug-likeness (QED) is 0.260. The van der Waals surface area contributed by atoms with E-state index in [-0.39, 0.29) is 35.2 Å². The molecule has 2 atom stereocenters. The Hall–Kier alpha value is -3.46. The molecule has 1 fully saturated rings. The molecule has 2 aromatic carbocycles. The van der Waals surface area contributed by atoms with Crippen molar-refractivity contribution in [2.75, 3.05) is 18.5 Å². The second-order valence-corrected chi connectivity index (χ2v) is 8.52. The van der Waals surface area contributed by atoms with Gasteiger partial charge in [-0.25, -0.2) is 0 Å². The molecule has 208 valence electrons. The highest BCUT2D eigenvalue weighted by atomic mass is 32.1. The predicted octanol–water partition coefficient (Wildman–Crippen LogP) is 4.49. The molecule has 0 saturated heterocycles. The Morgan fingerprint density at radius 2 is 1.74 bits per heavy atom. The molecule has 8 nitrogen and oxygen atoms in total. The fourth-order valence-corrected chi connectivity index (χ4v) is 4.02. The molecular formula is C23H23F6N3O5S. The molecule has 0 aromatic heterocycles. The largest absolute Gasteiger partial charge is 0.573 e. The molecule has 3 rings (SSSR count). The van der Waals surface area contributed by atoms with E-state index in [0.29, 0.717) is 19.3 Å². The first kappa shape index (κ1) is 29.1. The third-order valence-corrected chi connectivity index (χ3v) is 5.39. The summed E-state index contributed by atoms with van der Waals surface area (Å²) in [5, 5.41) is 17.1. The van der Waals surface area contributed by atoms with Crippen molar-refractivity contribution in [1.82, 2.24) is 10.6 Å². The van der Waals surface area contributed by atoms with E-state index in [1.165, 1.54) is 18.2 Å². The van der Waals surface area contributed by atoms with Crippen LogP contribution in [0.1, 0.15) is 29.6 Å². The average molecular weight is 568 g/mol. The Morgan fingerprint density at radius 1 is 1.00 bits per heavy atom. The number of carbonyl (C=O) groups excluding carboxylic acids is 1.